The molecule has 0 radical (unpaired) electrons. The summed E-state index contributed by atoms with van der Waals surface area (Å²) in [4.78, 5) is 23.4. The molecule has 0 spiro atoms. The Morgan fingerprint density at radius 3 is 2.73 bits per heavy atom. The Labute approximate surface area is 155 Å². The maximum atomic E-state index is 13.1. The molecular weight excluding hydrogens is 361 g/mol. The molecule has 136 valence electrons. The van der Waals surface area contributed by atoms with E-state index < -0.39 is 24.3 Å². The molecule has 2 aromatic carbocycles. The number of benzene rings is 2. The van der Waals surface area contributed by atoms with Crippen molar-refractivity contribution in [3.8, 4) is 5.75 Å². The molecule has 0 atom stereocenters. The number of methoxy groups -OCH3 is 1. The van der Waals surface area contributed by atoms with E-state index in [4.69, 9.17) is 21.1 Å². The molecule has 0 saturated heterocycles. The van der Waals surface area contributed by atoms with E-state index in [1.165, 1.54) is 24.3 Å². The van der Waals surface area contributed by atoms with Crippen molar-refractivity contribution >= 4 is 29.6 Å². The van der Waals surface area contributed by atoms with E-state index in [2.05, 4.69) is 5.32 Å². The van der Waals surface area contributed by atoms with E-state index >= 15 is 0 Å². The first-order chi connectivity index (χ1) is 12.5. The largest absolute Gasteiger partial charge is 0.496 e. The zero-order chi connectivity index (χ0) is 18.9. The second kappa shape index (κ2) is 9.58. The highest BCUT2D eigenvalue weighted by molar-refractivity contribution is 6.30. The molecule has 0 aliphatic rings. The summed E-state index contributed by atoms with van der Waals surface area (Å²) in [5, 5.41) is 2.59. The number of halogens is 2. The van der Waals surface area contributed by atoms with Crippen LogP contribution in [0.1, 0.15) is 11.1 Å². The van der Waals surface area contributed by atoms with Gasteiger partial charge in [-0.05, 0) is 29.8 Å². The SMILES string of the molecule is COc1ccccc1CNC(=O)COC(=O)/C=C/c1ccc(F)c(Cl)c1. The predicted molar refractivity (Wildman–Crippen MR) is 96.2 cm³/mol. The fourth-order valence-corrected chi connectivity index (χ4v) is 2.25. The van der Waals surface area contributed by atoms with Crippen LogP contribution >= 0.6 is 11.6 Å². The van der Waals surface area contributed by atoms with Crippen LogP contribution in [0.5, 0.6) is 5.75 Å². The summed E-state index contributed by atoms with van der Waals surface area (Å²) in [6.45, 7) is -0.160. The van der Waals surface area contributed by atoms with Crippen LogP contribution in [-0.4, -0.2) is 25.6 Å². The van der Waals surface area contributed by atoms with Crippen LogP contribution in [0, 0.1) is 5.82 Å². The van der Waals surface area contributed by atoms with Gasteiger partial charge in [-0.2, -0.15) is 0 Å². The van der Waals surface area contributed by atoms with Crippen LogP contribution in [0.3, 0.4) is 0 Å². The van der Waals surface area contributed by atoms with E-state index in [0.717, 1.165) is 11.6 Å². The summed E-state index contributed by atoms with van der Waals surface area (Å²) >= 11 is 5.65. The van der Waals surface area contributed by atoms with Gasteiger partial charge in [0.2, 0.25) is 0 Å². The summed E-state index contributed by atoms with van der Waals surface area (Å²) in [6, 6.07) is 11.3. The smallest absolute Gasteiger partial charge is 0.331 e. The van der Waals surface area contributed by atoms with Crippen molar-refractivity contribution in [3.63, 3.8) is 0 Å². The Balaban J connectivity index is 1.78. The first-order valence-electron chi connectivity index (χ1n) is 7.68. The zero-order valence-electron chi connectivity index (χ0n) is 14.0. The van der Waals surface area contributed by atoms with E-state index in [1.54, 1.807) is 13.2 Å². The topological polar surface area (TPSA) is 64.6 Å². The van der Waals surface area contributed by atoms with Crippen LogP contribution in [0.4, 0.5) is 4.39 Å². The molecule has 1 N–H and O–H groups in total. The Hall–Kier alpha value is -2.86. The fourth-order valence-electron chi connectivity index (χ4n) is 2.06. The Kier molecular flexibility index (Phi) is 7.17. The van der Waals surface area contributed by atoms with Gasteiger partial charge in [0.05, 0.1) is 12.1 Å². The lowest BCUT2D eigenvalue weighted by molar-refractivity contribution is -0.143. The summed E-state index contributed by atoms with van der Waals surface area (Å²) in [6.07, 6.45) is 2.55. The van der Waals surface area contributed by atoms with E-state index in [9.17, 15) is 14.0 Å². The van der Waals surface area contributed by atoms with E-state index in [-0.39, 0.29) is 11.6 Å². The van der Waals surface area contributed by atoms with Crippen molar-refractivity contribution in [2.45, 2.75) is 6.54 Å². The van der Waals surface area contributed by atoms with Crippen molar-refractivity contribution in [2.75, 3.05) is 13.7 Å². The molecule has 5 nitrogen and oxygen atoms in total. The molecule has 2 aromatic rings. The Morgan fingerprint density at radius 1 is 1.23 bits per heavy atom. The van der Waals surface area contributed by atoms with Crippen LogP contribution in [0.15, 0.2) is 48.5 Å². The van der Waals surface area contributed by atoms with Gasteiger partial charge < -0.3 is 14.8 Å². The van der Waals surface area contributed by atoms with Gasteiger partial charge in [0.1, 0.15) is 11.6 Å². The molecule has 0 fully saturated rings. The maximum Gasteiger partial charge on any atom is 0.331 e. The molecular formula is C19H17ClFNO4. The summed E-state index contributed by atoms with van der Waals surface area (Å²) in [5.74, 6) is -1.02. The summed E-state index contributed by atoms with van der Waals surface area (Å²) < 4.78 is 23.1. The van der Waals surface area contributed by atoms with Crippen molar-refractivity contribution in [3.05, 3.63) is 70.5 Å². The number of ether oxygens (including phenoxy) is 2. The standard InChI is InChI=1S/C19H17ClFNO4/c1-25-17-5-3-2-4-14(17)11-22-18(23)12-26-19(24)9-7-13-6-8-16(21)15(20)10-13/h2-10H,11-12H2,1H3,(H,22,23)/b9-7+. The monoisotopic (exact) mass is 377 g/mol. The van der Waals surface area contributed by atoms with Gasteiger partial charge in [0.25, 0.3) is 5.91 Å². The molecule has 2 rings (SSSR count). The number of nitrogens with one attached hydrogen (secondary N) is 1. The molecule has 0 aromatic heterocycles. The number of amides is 1. The van der Waals surface area contributed by atoms with Gasteiger partial charge in [-0.25, -0.2) is 9.18 Å². The molecule has 7 heteroatoms. The van der Waals surface area contributed by atoms with Gasteiger partial charge in [-0.1, -0.05) is 35.9 Å². The second-order valence-electron chi connectivity index (χ2n) is 5.20. The lowest BCUT2D eigenvalue weighted by Gasteiger charge is -2.09. The molecule has 26 heavy (non-hydrogen) atoms. The molecule has 0 aliphatic carbocycles. The lowest BCUT2D eigenvalue weighted by Crippen LogP contribution is -2.28. The minimum atomic E-state index is -0.696. The molecule has 1 amide bonds. The number of esters is 1. The lowest BCUT2D eigenvalue weighted by atomic mass is 10.2. The molecule has 0 unspecified atom stereocenters. The van der Waals surface area contributed by atoms with Gasteiger partial charge in [-0.15, -0.1) is 0 Å². The third-order valence-corrected chi connectivity index (χ3v) is 3.66. The van der Waals surface area contributed by atoms with Crippen molar-refractivity contribution in [1.29, 1.82) is 0 Å². The van der Waals surface area contributed by atoms with Crippen molar-refractivity contribution in [1.82, 2.24) is 5.32 Å². The minimum absolute atomic E-state index is 0.0452. The van der Waals surface area contributed by atoms with Crippen molar-refractivity contribution in [2.24, 2.45) is 0 Å². The number of carbonyl (C=O) groups is 2. The van der Waals surface area contributed by atoms with Gasteiger partial charge in [0, 0.05) is 18.2 Å². The molecule has 0 saturated carbocycles. The summed E-state index contributed by atoms with van der Waals surface area (Å²) in [5.41, 5.74) is 1.34. The summed E-state index contributed by atoms with van der Waals surface area (Å²) in [7, 11) is 1.54. The number of hydrogen-bond acceptors (Lipinski definition) is 4. The highest BCUT2D eigenvalue weighted by Crippen LogP contribution is 2.17. The first kappa shape index (κ1) is 19.5. The first-order valence-corrected chi connectivity index (χ1v) is 8.06. The average Bonchev–Trinajstić information content (AvgIpc) is 2.65. The highest BCUT2D eigenvalue weighted by Gasteiger charge is 2.07. The predicted octanol–water partition coefficient (Wildman–Crippen LogP) is 3.36. The van der Waals surface area contributed by atoms with Gasteiger partial charge >= 0.3 is 5.97 Å². The number of carbonyl (C=O) groups excluding carboxylic acids is 2. The quantitative estimate of drug-likeness (QED) is 0.593. The number of para-hydroxylation sites is 1. The van der Waals surface area contributed by atoms with E-state index in [0.29, 0.717) is 11.3 Å². The van der Waals surface area contributed by atoms with Crippen LogP contribution in [-0.2, 0) is 20.9 Å². The van der Waals surface area contributed by atoms with Crippen LogP contribution in [0.2, 0.25) is 5.02 Å². The van der Waals surface area contributed by atoms with Crippen LogP contribution < -0.4 is 10.1 Å². The normalized spacial score (nSPS) is 10.6. The fraction of sp³-hybridized carbons (Fsp3) is 0.158. The van der Waals surface area contributed by atoms with E-state index in [1.807, 2.05) is 18.2 Å². The molecule has 0 bridgehead atoms. The van der Waals surface area contributed by atoms with Crippen molar-refractivity contribution < 1.29 is 23.5 Å². The third-order valence-electron chi connectivity index (χ3n) is 3.37. The van der Waals surface area contributed by atoms with Crippen LogP contribution in [0.25, 0.3) is 6.08 Å². The number of hydrogen-bond donors (Lipinski definition) is 1. The molecule has 0 aliphatic heterocycles. The molecule has 0 heterocycles. The average molecular weight is 378 g/mol. The second-order valence-corrected chi connectivity index (χ2v) is 5.61. The minimum Gasteiger partial charge on any atom is -0.496 e. The Morgan fingerprint density at radius 2 is 2.00 bits per heavy atom. The maximum absolute atomic E-state index is 13.1. The van der Waals surface area contributed by atoms with Gasteiger partial charge in [-0.3, -0.25) is 4.79 Å². The number of rotatable bonds is 7. The highest BCUT2D eigenvalue weighted by atomic mass is 35.5. The zero-order valence-corrected chi connectivity index (χ0v) is 14.8. The third kappa shape index (κ3) is 5.89. The van der Waals surface area contributed by atoms with Gasteiger partial charge in [0.15, 0.2) is 6.61 Å². The Bertz CT molecular complexity index is 823.